The number of unbranched alkanes of at least 4 members (excludes halogenated alkanes) is 1. The summed E-state index contributed by atoms with van der Waals surface area (Å²) in [5, 5.41) is 2.65. The van der Waals surface area contributed by atoms with Gasteiger partial charge >= 0.3 is 0 Å². The van der Waals surface area contributed by atoms with Crippen LogP contribution in [0.3, 0.4) is 0 Å². The van der Waals surface area contributed by atoms with Crippen LogP contribution in [-0.4, -0.2) is 9.55 Å². The number of benzene rings is 2. The number of para-hydroxylation sites is 1. The first-order chi connectivity index (χ1) is 11.8. The molecule has 2 heterocycles. The lowest BCUT2D eigenvalue weighted by Crippen LogP contribution is -1.97. The highest BCUT2D eigenvalue weighted by Gasteiger charge is 2.17. The molecule has 0 saturated heterocycles. The van der Waals surface area contributed by atoms with Crippen LogP contribution in [0.25, 0.3) is 32.9 Å². The van der Waals surface area contributed by atoms with Gasteiger partial charge in [0.15, 0.2) is 0 Å². The van der Waals surface area contributed by atoms with E-state index >= 15 is 0 Å². The van der Waals surface area contributed by atoms with Crippen molar-refractivity contribution < 1.29 is 0 Å². The van der Waals surface area contributed by atoms with Crippen LogP contribution in [0.1, 0.15) is 25.5 Å². The van der Waals surface area contributed by atoms with Gasteiger partial charge < -0.3 is 4.57 Å². The molecule has 120 valence electrons. The van der Waals surface area contributed by atoms with E-state index in [-0.39, 0.29) is 0 Å². The van der Waals surface area contributed by atoms with E-state index in [4.69, 9.17) is 4.98 Å². The Bertz CT molecular complexity index is 997. The molecule has 4 rings (SSSR count). The molecule has 0 atom stereocenters. The molecule has 0 unspecified atom stereocenters. The molecule has 4 aromatic rings. The Balaban J connectivity index is 2.12. The van der Waals surface area contributed by atoms with Crippen LogP contribution < -0.4 is 0 Å². The molecule has 2 nitrogen and oxygen atoms in total. The van der Waals surface area contributed by atoms with Crippen molar-refractivity contribution in [1.29, 1.82) is 0 Å². The summed E-state index contributed by atoms with van der Waals surface area (Å²) >= 11 is 0. The van der Waals surface area contributed by atoms with Gasteiger partial charge in [0.25, 0.3) is 0 Å². The van der Waals surface area contributed by atoms with Crippen molar-refractivity contribution in [1.82, 2.24) is 9.55 Å². The Labute approximate surface area is 142 Å². The van der Waals surface area contributed by atoms with E-state index in [9.17, 15) is 0 Å². The first-order valence-corrected chi connectivity index (χ1v) is 8.71. The van der Waals surface area contributed by atoms with Gasteiger partial charge in [0.05, 0.1) is 11.7 Å². The maximum absolute atomic E-state index is 4.86. The van der Waals surface area contributed by atoms with Crippen LogP contribution in [0.4, 0.5) is 0 Å². The predicted molar refractivity (Wildman–Crippen MR) is 102 cm³/mol. The normalized spacial score (nSPS) is 11.4. The maximum atomic E-state index is 4.86. The molecular formula is C22H22N2. The summed E-state index contributed by atoms with van der Waals surface area (Å²) in [6.45, 7) is 2.23. The molecule has 0 bridgehead atoms. The fourth-order valence-corrected chi connectivity index (χ4v) is 3.62. The molecule has 0 aliphatic heterocycles. The average Bonchev–Trinajstić information content (AvgIpc) is 2.93. The van der Waals surface area contributed by atoms with Crippen LogP contribution in [0.15, 0.2) is 60.8 Å². The smallest absolute Gasteiger partial charge is 0.0681 e. The molecule has 24 heavy (non-hydrogen) atoms. The van der Waals surface area contributed by atoms with E-state index in [1.54, 1.807) is 0 Å². The maximum Gasteiger partial charge on any atom is 0.0681 e. The van der Waals surface area contributed by atoms with Crippen molar-refractivity contribution in [3.63, 3.8) is 0 Å². The summed E-state index contributed by atoms with van der Waals surface area (Å²) in [5.41, 5.74) is 6.25. The summed E-state index contributed by atoms with van der Waals surface area (Å²) < 4.78 is 2.26. The lowest BCUT2D eigenvalue weighted by Gasteiger charge is -2.11. The van der Waals surface area contributed by atoms with Crippen LogP contribution >= 0.6 is 0 Å². The number of hydrogen-bond acceptors (Lipinski definition) is 1. The topological polar surface area (TPSA) is 17.8 Å². The highest BCUT2D eigenvalue weighted by Crippen LogP contribution is 2.37. The number of hydrogen-bond donors (Lipinski definition) is 0. The Morgan fingerprint density at radius 3 is 2.46 bits per heavy atom. The van der Waals surface area contributed by atoms with Gasteiger partial charge in [0, 0.05) is 34.6 Å². The van der Waals surface area contributed by atoms with E-state index in [0.29, 0.717) is 0 Å². The summed E-state index contributed by atoms with van der Waals surface area (Å²) in [5.74, 6) is 0. The summed E-state index contributed by atoms with van der Waals surface area (Å²) in [6.07, 6.45) is 5.43. The second-order valence-corrected chi connectivity index (χ2v) is 6.39. The van der Waals surface area contributed by atoms with Crippen LogP contribution in [0.5, 0.6) is 0 Å². The largest absolute Gasteiger partial charge is 0.342 e. The number of aryl methyl sites for hydroxylation is 2. The second kappa shape index (κ2) is 6.12. The lowest BCUT2D eigenvalue weighted by atomic mass is 9.96. The molecule has 0 spiro atoms. The third-order valence-corrected chi connectivity index (χ3v) is 4.86. The minimum atomic E-state index is 1.03. The molecule has 2 aromatic carbocycles. The quantitative estimate of drug-likeness (QED) is 0.470. The molecular weight excluding hydrogens is 292 g/mol. The number of rotatable bonds is 4. The average molecular weight is 314 g/mol. The fourth-order valence-electron chi connectivity index (χ4n) is 3.62. The van der Waals surface area contributed by atoms with Gasteiger partial charge in [-0.2, -0.15) is 0 Å². The minimum Gasteiger partial charge on any atom is -0.342 e. The standard InChI is InChI=1S/C22H22N2/c1-3-4-13-18-21(16-10-6-5-7-11-16)22-17-12-8-9-14-19(17)24(2)20(22)15-23-18/h5-12,14-15H,3-4,13H2,1-2H3. The number of fused-ring (bicyclic) bond motifs is 3. The predicted octanol–water partition coefficient (Wildman–Crippen LogP) is 5.74. The first kappa shape index (κ1) is 14.9. The summed E-state index contributed by atoms with van der Waals surface area (Å²) in [4.78, 5) is 4.86. The molecule has 0 radical (unpaired) electrons. The number of aromatic nitrogens is 2. The van der Waals surface area contributed by atoms with E-state index in [2.05, 4.69) is 73.1 Å². The van der Waals surface area contributed by atoms with Gasteiger partial charge in [-0.05, 0) is 24.5 Å². The van der Waals surface area contributed by atoms with Crippen molar-refractivity contribution in [2.45, 2.75) is 26.2 Å². The minimum absolute atomic E-state index is 1.03. The van der Waals surface area contributed by atoms with Gasteiger partial charge in [-0.1, -0.05) is 61.9 Å². The molecule has 2 aromatic heterocycles. The first-order valence-electron chi connectivity index (χ1n) is 8.71. The third-order valence-electron chi connectivity index (χ3n) is 4.86. The fraction of sp³-hybridized carbons (Fsp3) is 0.227. The zero-order valence-corrected chi connectivity index (χ0v) is 14.3. The van der Waals surface area contributed by atoms with Crippen molar-refractivity contribution in [3.05, 3.63) is 66.5 Å². The lowest BCUT2D eigenvalue weighted by molar-refractivity contribution is 0.779. The van der Waals surface area contributed by atoms with E-state index in [0.717, 1.165) is 6.42 Å². The number of pyridine rings is 1. The Morgan fingerprint density at radius 2 is 1.67 bits per heavy atom. The van der Waals surface area contributed by atoms with E-state index < -0.39 is 0 Å². The molecule has 2 heteroatoms. The highest BCUT2D eigenvalue weighted by molar-refractivity contribution is 6.15. The Kier molecular flexibility index (Phi) is 3.81. The summed E-state index contributed by atoms with van der Waals surface area (Å²) in [7, 11) is 2.13. The number of nitrogens with zero attached hydrogens (tertiary/aromatic N) is 2. The second-order valence-electron chi connectivity index (χ2n) is 6.39. The van der Waals surface area contributed by atoms with Gasteiger partial charge in [-0.3, -0.25) is 4.98 Å². The van der Waals surface area contributed by atoms with Gasteiger partial charge in [0.1, 0.15) is 0 Å². The molecule has 0 aliphatic carbocycles. The Hall–Kier alpha value is -2.61. The Morgan fingerprint density at radius 1 is 0.917 bits per heavy atom. The molecule has 0 amide bonds. The zero-order valence-electron chi connectivity index (χ0n) is 14.3. The third kappa shape index (κ3) is 2.30. The molecule has 0 N–H and O–H groups in total. The van der Waals surface area contributed by atoms with Crippen molar-refractivity contribution in [2.75, 3.05) is 0 Å². The van der Waals surface area contributed by atoms with Crippen LogP contribution in [0.2, 0.25) is 0 Å². The molecule has 0 saturated carbocycles. The SMILES string of the molecule is CCCCc1ncc2c(c1-c1ccccc1)c1ccccc1n2C. The van der Waals surface area contributed by atoms with Gasteiger partial charge in [0.2, 0.25) is 0 Å². The van der Waals surface area contributed by atoms with E-state index in [1.807, 2.05) is 6.20 Å². The van der Waals surface area contributed by atoms with E-state index in [1.165, 1.54) is 51.5 Å². The molecule has 0 fully saturated rings. The monoisotopic (exact) mass is 314 g/mol. The van der Waals surface area contributed by atoms with Crippen molar-refractivity contribution in [3.8, 4) is 11.1 Å². The summed E-state index contributed by atoms with van der Waals surface area (Å²) in [6, 6.07) is 19.4. The van der Waals surface area contributed by atoms with Crippen LogP contribution in [0, 0.1) is 0 Å². The van der Waals surface area contributed by atoms with Crippen molar-refractivity contribution >= 4 is 21.8 Å². The van der Waals surface area contributed by atoms with Crippen molar-refractivity contribution in [2.24, 2.45) is 7.05 Å². The zero-order chi connectivity index (χ0) is 16.5. The van der Waals surface area contributed by atoms with Crippen LogP contribution in [-0.2, 0) is 13.5 Å². The highest BCUT2D eigenvalue weighted by atomic mass is 14.9. The van der Waals surface area contributed by atoms with Gasteiger partial charge in [-0.15, -0.1) is 0 Å². The van der Waals surface area contributed by atoms with Gasteiger partial charge in [-0.25, -0.2) is 0 Å². The molecule has 0 aliphatic rings.